The van der Waals surface area contributed by atoms with Crippen LogP contribution in [0.25, 0.3) is 0 Å². The van der Waals surface area contributed by atoms with Crippen molar-refractivity contribution in [2.75, 3.05) is 10.9 Å². The number of benzene rings is 2. The van der Waals surface area contributed by atoms with Gasteiger partial charge in [-0.15, -0.1) is 0 Å². The second-order valence-corrected chi connectivity index (χ2v) is 5.41. The van der Waals surface area contributed by atoms with Crippen LogP contribution < -0.4 is 22.1 Å². The Morgan fingerprint density at radius 2 is 1.69 bits per heavy atom. The number of anilines is 2. The van der Waals surface area contributed by atoms with Crippen molar-refractivity contribution < 1.29 is 0 Å². The van der Waals surface area contributed by atoms with E-state index in [2.05, 4.69) is 33.2 Å². The van der Waals surface area contributed by atoms with Gasteiger partial charge in [-0.05, 0) is 60.5 Å². The van der Waals surface area contributed by atoms with Gasteiger partial charge in [-0.3, -0.25) is 5.41 Å². The third-order valence-electron chi connectivity index (χ3n) is 3.47. The molecule has 0 atom stereocenters. The number of nitrogens with two attached hydrogens (primary N) is 1. The van der Waals surface area contributed by atoms with E-state index < -0.39 is 0 Å². The van der Waals surface area contributed by atoms with Crippen molar-refractivity contribution in [1.82, 2.24) is 10.5 Å². The molecule has 3 aromatic rings. The fourth-order valence-electron chi connectivity index (χ4n) is 2.16. The molecule has 0 saturated heterocycles. The predicted molar refractivity (Wildman–Crippen MR) is 104 cm³/mol. The van der Waals surface area contributed by atoms with E-state index in [0.717, 1.165) is 22.6 Å². The number of nitrogens with one attached hydrogen (secondary N) is 4. The topological polar surface area (TPSA) is 98.9 Å². The summed E-state index contributed by atoms with van der Waals surface area (Å²) in [5.74, 6) is 6.17. The third kappa shape index (κ3) is 4.84. The van der Waals surface area contributed by atoms with E-state index in [1.54, 1.807) is 18.3 Å². The average Bonchev–Trinajstić information content (AvgIpc) is 2.68. The lowest BCUT2D eigenvalue weighted by Gasteiger charge is -2.11. The lowest BCUT2D eigenvalue weighted by atomic mass is 10.2. The van der Waals surface area contributed by atoms with E-state index in [1.165, 1.54) is 0 Å². The van der Waals surface area contributed by atoms with Crippen LogP contribution in [0.1, 0.15) is 16.8 Å². The van der Waals surface area contributed by atoms with Crippen LogP contribution in [0.2, 0.25) is 0 Å². The Labute approximate surface area is 151 Å². The van der Waals surface area contributed by atoms with Gasteiger partial charge >= 0.3 is 0 Å². The molecule has 6 N–H and O–H groups in total. The molecule has 0 unspecified atom stereocenters. The second-order valence-electron chi connectivity index (χ2n) is 5.41. The van der Waals surface area contributed by atoms with E-state index in [1.807, 2.05) is 54.6 Å². The van der Waals surface area contributed by atoms with Crippen LogP contribution in [0.4, 0.5) is 11.4 Å². The molecule has 128 valence electrons. The van der Waals surface area contributed by atoms with Crippen LogP contribution >= 0.6 is 0 Å². The Morgan fingerprint density at radius 1 is 0.885 bits per heavy atom. The first-order valence-electron chi connectivity index (χ1n) is 7.95. The minimum atomic E-state index is 0.0475. The van der Waals surface area contributed by atoms with Gasteiger partial charge in [0.25, 0.3) is 0 Å². The van der Waals surface area contributed by atoms with Crippen molar-refractivity contribution >= 4 is 17.2 Å². The largest absolute Gasteiger partial charge is 0.384 e. The first kappa shape index (κ1) is 17.0. The maximum absolute atomic E-state index is 7.38. The average molecular weight is 342 g/mol. The van der Waals surface area contributed by atoms with Crippen LogP contribution in [-0.2, 0) is 0 Å². The summed E-state index contributed by atoms with van der Waals surface area (Å²) < 4.78 is 0. The summed E-state index contributed by atoms with van der Waals surface area (Å²) in [4.78, 5) is 4.18. The van der Waals surface area contributed by atoms with E-state index in [4.69, 9.17) is 11.1 Å². The van der Waals surface area contributed by atoms with E-state index >= 15 is 0 Å². The minimum Gasteiger partial charge on any atom is -0.384 e. The third-order valence-corrected chi connectivity index (χ3v) is 3.47. The number of aromatic nitrogens is 1. The molecule has 6 heteroatoms. The Bertz CT molecular complexity index is 939. The normalized spacial score (nSPS) is 9.69. The number of hydrogen-bond donors (Lipinski definition) is 5. The zero-order chi connectivity index (χ0) is 18.2. The molecular formula is C20H18N6. The van der Waals surface area contributed by atoms with Crippen LogP contribution in [0.5, 0.6) is 0 Å². The highest BCUT2D eigenvalue weighted by Crippen LogP contribution is 2.10. The van der Waals surface area contributed by atoms with Crippen molar-refractivity contribution in [3.8, 4) is 11.8 Å². The number of hydrogen-bond acceptors (Lipinski definition) is 5. The van der Waals surface area contributed by atoms with Crippen LogP contribution in [0.15, 0.2) is 72.9 Å². The SMILES string of the molecule is N=C(N)c1ccc(NNNc2cccc(C#Cc3ccccn3)c2)cc1. The first-order chi connectivity index (χ1) is 12.7. The molecule has 0 saturated carbocycles. The summed E-state index contributed by atoms with van der Waals surface area (Å²) in [5.41, 5.74) is 18.4. The lowest BCUT2D eigenvalue weighted by Crippen LogP contribution is -2.28. The van der Waals surface area contributed by atoms with Gasteiger partial charge in [-0.25, -0.2) is 4.98 Å². The lowest BCUT2D eigenvalue weighted by molar-refractivity contribution is 0.954. The summed E-state index contributed by atoms with van der Waals surface area (Å²) in [7, 11) is 0. The first-order valence-corrected chi connectivity index (χ1v) is 7.95. The summed E-state index contributed by atoms with van der Waals surface area (Å²) in [6, 6.07) is 20.6. The van der Waals surface area contributed by atoms with Crippen molar-refractivity contribution in [1.29, 1.82) is 5.41 Å². The molecule has 26 heavy (non-hydrogen) atoms. The van der Waals surface area contributed by atoms with E-state index in [-0.39, 0.29) is 5.84 Å². The molecule has 0 amide bonds. The minimum absolute atomic E-state index is 0.0475. The molecule has 0 aliphatic rings. The number of nitrogen functional groups attached to an aromatic ring is 1. The number of amidine groups is 1. The Kier molecular flexibility index (Phi) is 5.45. The number of rotatable bonds is 5. The van der Waals surface area contributed by atoms with Gasteiger partial charge in [0.15, 0.2) is 0 Å². The zero-order valence-corrected chi connectivity index (χ0v) is 14.0. The number of pyridine rings is 1. The van der Waals surface area contributed by atoms with Gasteiger partial charge in [0.2, 0.25) is 0 Å². The van der Waals surface area contributed by atoms with E-state index in [9.17, 15) is 0 Å². The Balaban J connectivity index is 1.57. The summed E-state index contributed by atoms with van der Waals surface area (Å²) in [6.07, 6.45) is 1.72. The van der Waals surface area contributed by atoms with Crippen molar-refractivity contribution in [3.63, 3.8) is 0 Å². The molecule has 0 fully saturated rings. The van der Waals surface area contributed by atoms with Gasteiger partial charge in [-0.1, -0.05) is 18.1 Å². The highest BCUT2D eigenvalue weighted by atomic mass is 15.6. The highest BCUT2D eigenvalue weighted by Gasteiger charge is 1.97. The molecule has 0 bridgehead atoms. The molecular weight excluding hydrogens is 324 g/mol. The Morgan fingerprint density at radius 3 is 2.42 bits per heavy atom. The fraction of sp³-hybridized carbons (Fsp3) is 0. The predicted octanol–water partition coefficient (Wildman–Crippen LogP) is 2.71. The number of nitrogens with zero attached hydrogens (tertiary/aromatic N) is 1. The van der Waals surface area contributed by atoms with Crippen molar-refractivity contribution in [3.05, 3.63) is 89.7 Å². The summed E-state index contributed by atoms with van der Waals surface area (Å²) in [6.45, 7) is 0. The van der Waals surface area contributed by atoms with Crippen LogP contribution in [-0.4, -0.2) is 10.8 Å². The van der Waals surface area contributed by atoms with Crippen LogP contribution in [0, 0.1) is 17.3 Å². The van der Waals surface area contributed by atoms with Crippen molar-refractivity contribution in [2.45, 2.75) is 0 Å². The van der Waals surface area contributed by atoms with E-state index in [0.29, 0.717) is 5.56 Å². The molecule has 1 heterocycles. The molecule has 0 radical (unpaired) electrons. The second kappa shape index (κ2) is 8.33. The Hall–Kier alpha value is -3.82. The standard InChI is InChI=1S/C20H18N6/c21-20(22)16-8-11-18(12-9-16)24-26-25-19-6-3-4-15(14-19)7-10-17-5-1-2-13-23-17/h1-6,8-9,11-14,24-26H,(H3,21,22). The van der Waals surface area contributed by atoms with Gasteiger partial charge < -0.3 is 16.6 Å². The maximum Gasteiger partial charge on any atom is 0.122 e. The van der Waals surface area contributed by atoms with Gasteiger partial charge in [-0.2, -0.15) is 5.53 Å². The number of hydrazine groups is 2. The molecule has 6 nitrogen and oxygen atoms in total. The van der Waals surface area contributed by atoms with Gasteiger partial charge in [0.05, 0.1) is 11.4 Å². The molecule has 2 aromatic carbocycles. The monoisotopic (exact) mass is 342 g/mol. The zero-order valence-electron chi connectivity index (χ0n) is 14.0. The maximum atomic E-state index is 7.38. The van der Waals surface area contributed by atoms with Crippen molar-refractivity contribution in [2.24, 2.45) is 5.73 Å². The van der Waals surface area contributed by atoms with Gasteiger partial charge in [0.1, 0.15) is 11.5 Å². The quantitative estimate of drug-likeness (QED) is 0.212. The smallest absolute Gasteiger partial charge is 0.122 e. The summed E-state index contributed by atoms with van der Waals surface area (Å²) in [5, 5.41) is 7.38. The summed E-state index contributed by atoms with van der Waals surface area (Å²) >= 11 is 0. The highest BCUT2D eigenvalue weighted by molar-refractivity contribution is 5.95. The molecule has 0 spiro atoms. The molecule has 0 aliphatic heterocycles. The molecule has 0 aliphatic carbocycles. The van der Waals surface area contributed by atoms with Crippen LogP contribution in [0.3, 0.4) is 0 Å². The molecule has 3 rings (SSSR count). The fourth-order valence-corrected chi connectivity index (χ4v) is 2.16. The molecule has 1 aromatic heterocycles. The van der Waals surface area contributed by atoms with Gasteiger partial charge in [0, 0.05) is 17.3 Å².